The van der Waals surface area contributed by atoms with Crippen molar-refractivity contribution in [2.45, 2.75) is 104 Å². The van der Waals surface area contributed by atoms with E-state index in [1.54, 1.807) is 37.5 Å². The molecule has 2 fully saturated rings. The Labute approximate surface area is 262 Å². The number of unbranched alkanes of at least 4 members (excludes halogenated alkanes) is 1. The second-order valence-corrected chi connectivity index (χ2v) is 13.4. The van der Waals surface area contributed by atoms with Crippen molar-refractivity contribution in [3.63, 3.8) is 0 Å². The van der Waals surface area contributed by atoms with E-state index in [0.29, 0.717) is 24.8 Å². The van der Waals surface area contributed by atoms with Crippen LogP contribution in [0.5, 0.6) is 5.75 Å². The number of pyridine rings is 1. The minimum absolute atomic E-state index is 0.0108. The van der Waals surface area contributed by atoms with Crippen LogP contribution >= 0.6 is 0 Å². The van der Waals surface area contributed by atoms with Gasteiger partial charge in [0.15, 0.2) is 0 Å². The molecule has 3 aliphatic rings. The molecule has 8 atom stereocenters. The minimum atomic E-state index is -1.34. The summed E-state index contributed by atoms with van der Waals surface area (Å²) in [5, 5.41) is 12.2. The Morgan fingerprint density at radius 2 is 1.82 bits per heavy atom. The van der Waals surface area contributed by atoms with Gasteiger partial charge in [-0.1, -0.05) is 27.2 Å². The summed E-state index contributed by atoms with van der Waals surface area (Å²) in [5.41, 5.74) is -3.09. The van der Waals surface area contributed by atoms with E-state index >= 15 is 0 Å². The van der Waals surface area contributed by atoms with Gasteiger partial charge in [-0.05, 0) is 56.1 Å². The van der Waals surface area contributed by atoms with E-state index in [4.69, 9.17) is 23.4 Å². The molecule has 1 N–H and O–H groups in total. The first kappa shape index (κ1) is 32.7. The molecule has 0 spiro atoms. The molecular formula is C34H43NO10. The molecule has 5 rings (SSSR count). The molecule has 1 aliphatic heterocycles. The van der Waals surface area contributed by atoms with Crippen LogP contribution in [-0.4, -0.2) is 52.4 Å². The van der Waals surface area contributed by atoms with Gasteiger partial charge in [0.2, 0.25) is 0 Å². The SMILES string of the molecule is CCCCC(=O)OC[C@@]1(C)[C@@H]2C[C@H](OC(C)=O)[C@@]3(C)Oc4cc(-c5cccnc5)oc(=O)c4[C@H](O)[C@@H]3[C@@]2(C)CC[C@@H]1OC(C)=O. The lowest BCUT2D eigenvalue weighted by Crippen LogP contribution is -2.71. The van der Waals surface area contributed by atoms with Gasteiger partial charge in [-0.2, -0.15) is 0 Å². The van der Waals surface area contributed by atoms with Crippen LogP contribution in [0.3, 0.4) is 0 Å². The molecule has 0 saturated heterocycles. The third kappa shape index (κ3) is 5.75. The van der Waals surface area contributed by atoms with Crippen molar-refractivity contribution < 1.29 is 42.9 Å². The van der Waals surface area contributed by atoms with Crippen LogP contribution in [0.2, 0.25) is 0 Å². The van der Waals surface area contributed by atoms with Crippen molar-refractivity contribution in [1.82, 2.24) is 4.98 Å². The summed E-state index contributed by atoms with van der Waals surface area (Å²) in [4.78, 5) is 55.1. The number of aromatic nitrogens is 1. The molecule has 11 nitrogen and oxygen atoms in total. The first-order valence-electron chi connectivity index (χ1n) is 15.7. The number of hydrogen-bond acceptors (Lipinski definition) is 11. The van der Waals surface area contributed by atoms with Crippen molar-refractivity contribution in [3.8, 4) is 17.1 Å². The molecule has 45 heavy (non-hydrogen) atoms. The molecule has 2 aliphatic carbocycles. The molecule has 0 aromatic carbocycles. The van der Waals surface area contributed by atoms with Gasteiger partial charge in [-0.3, -0.25) is 19.4 Å². The normalized spacial score (nSPS) is 33.4. The van der Waals surface area contributed by atoms with Gasteiger partial charge in [-0.25, -0.2) is 4.79 Å². The Bertz CT molecular complexity index is 1510. The molecule has 2 aromatic heterocycles. The number of carbonyl (C=O) groups is 3. The minimum Gasteiger partial charge on any atom is -0.482 e. The third-order valence-corrected chi connectivity index (χ3v) is 10.4. The predicted molar refractivity (Wildman–Crippen MR) is 161 cm³/mol. The molecule has 2 saturated carbocycles. The summed E-state index contributed by atoms with van der Waals surface area (Å²) >= 11 is 0. The highest BCUT2D eigenvalue weighted by atomic mass is 16.6. The average Bonchev–Trinajstić information content (AvgIpc) is 2.97. The van der Waals surface area contributed by atoms with E-state index in [9.17, 15) is 24.3 Å². The molecule has 0 amide bonds. The van der Waals surface area contributed by atoms with Gasteiger partial charge >= 0.3 is 23.5 Å². The number of nitrogens with zero attached hydrogens (tertiary/aromatic N) is 1. The fraction of sp³-hybridized carbons (Fsp3) is 0.618. The lowest BCUT2D eigenvalue weighted by Gasteiger charge is -2.66. The summed E-state index contributed by atoms with van der Waals surface area (Å²) in [5.74, 6) is -2.09. The summed E-state index contributed by atoms with van der Waals surface area (Å²) < 4.78 is 30.0. The Kier molecular flexibility index (Phi) is 8.87. The van der Waals surface area contributed by atoms with Crippen LogP contribution in [0.15, 0.2) is 39.8 Å². The van der Waals surface area contributed by atoms with Gasteiger partial charge in [-0.15, -0.1) is 0 Å². The summed E-state index contributed by atoms with van der Waals surface area (Å²) in [6.07, 6.45) is 3.35. The number of aliphatic hydroxyl groups excluding tert-OH is 1. The standard InChI is InChI=1S/C34H43NO10/c1-7-8-11-27(38)41-18-33(5)24-16-26(43-20(3)37)34(6)30(32(24,4)13-12-25(33)42-19(2)36)29(39)28-23(45-34)15-22(44-31(28)40)21-10-9-14-35-17-21/h9-10,14-15,17,24-26,29-30,39H,7-8,11-13,16,18H2,1-6H3/t24-,25+,26+,29+,30-,32+,33+,34-/m1/s1. The van der Waals surface area contributed by atoms with Crippen LogP contribution in [0.25, 0.3) is 11.3 Å². The van der Waals surface area contributed by atoms with Gasteiger partial charge in [0, 0.05) is 55.6 Å². The number of rotatable bonds is 8. The molecule has 0 bridgehead atoms. The average molecular weight is 626 g/mol. The van der Waals surface area contributed by atoms with E-state index in [2.05, 4.69) is 4.98 Å². The topological polar surface area (TPSA) is 151 Å². The Hall–Kier alpha value is -3.73. The Balaban J connectivity index is 1.62. The molecule has 3 heterocycles. The van der Waals surface area contributed by atoms with E-state index in [1.807, 2.05) is 20.8 Å². The molecule has 11 heteroatoms. The van der Waals surface area contributed by atoms with Crippen LogP contribution in [0.4, 0.5) is 0 Å². The van der Waals surface area contributed by atoms with Gasteiger partial charge < -0.3 is 28.5 Å². The fourth-order valence-electron chi connectivity index (χ4n) is 8.41. The monoisotopic (exact) mass is 625 g/mol. The fourth-order valence-corrected chi connectivity index (χ4v) is 8.41. The van der Waals surface area contributed by atoms with Crippen molar-refractivity contribution in [3.05, 3.63) is 46.6 Å². The largest absolute Gasteiger partial charge is 0.482 e. The molecule has 0 unspecified atom stereocenters. The van der Waals surface area contributed by atoms with Crippen LogP contribution in [-0.2, 0) is 28.6 Å². The summed E-state index contributed by atoms with van der Waals surface area (Å²) in [6.45, 7) is 10.4. The number of aliphatic hydroxyl groups is 1. The zero-order valence-electron chi connectivity index (χ0n) is 26.8. The maximum Gasteiger partial charge on any atom is 0.345 e. The van der Waals surface area contributed by atoms with Crippen molar-refractivity contribution in [2.24, 2.45) is 22.7 Å². The van der Waals surface area contributed by atoms with Crippen LogP contribution in [0.1, 0.15) is 91.7 Å². The van der Waals surface area contributed by atoms with Gasteiger partial charge in [0.25, 0.3) is 0 Å². The Morgan fingerprint density at radius 3 is 2.47 bits per heavy atom. The smallest absolute Gasteiger partial charge is 0.345 e. The maximum atomic E-state index is 13.5. The lowest BCUT2D eigenvalue weighted by atomic mass is 9.42. The Morgan fingerprint density at radius 1 is 1.11 bits per heavy atom. The maximum absolute atomic E-state index is 13.5. The highest BCUT2D eigenvalue weighted by molar-refractivity contribution is 5.69. The van der Waals surface area contributed by atoms with E-state index in [0.717, 1.165) is 6.42 Å². The highest BCUT2D eigenvalue weighted by Gasteiger charge is 2.70. The third-order valence-electron chi connectivity index (χ3n) is 10.4. The quantitative estimate of drug-likeness (QED) is 0.314. The molecular weight excluding hydrogens is 582 g/mol. The number of esters is 3. The first-order chi connectivity index (χ1) is 21.2. The zero-order chi connectivity index (χ0) is 32.7. The van der Waals surface area contributed by atoms with Gasteiger partial charge in [0.05, 0.1) is 6.10 Å². The van der Waals surface area contributed by atoms with E-state index < -0.39 is 58.2 Å². The number of hydrogen-bond donors (Lipinski definition) is 1. The number of fused-ring (bicyclic) bond motifs is 4. The van der Waals surface area contributed by atoms with Crippen LogP contribution in [0, 0.1) is 22.7 Å². The first-order valence-corrected chi connectivity index (χ1v) is 15.7. The van der Waals surface area contributed by atoms with Crippen LogP contribution < -0.4 is 10.4 Å². The molecule has 2 aromatic rings. The number of carbonyl (C=O) groups excluding carboxylic acids is 3. The van der Waals surface area contributed by atoms with Crippen molar-refractivity contribution in [2.75, 3.05) is 6.61 Å². The van der Waals surface area contributed by atoms with E-state index in [-0.39, 0.29) is 48.4 Å². The van der Waals surface area contributed by atoms with Crippen molar-refractivity contribution >= 4 is 17.9 Å². The molecule has 244 valence electrons. The summed E-state index contributed by atoms with van der Waals surface area (Å²) in [6, 6.07) is 5.02. The summed E-state index contributed by atoms with van der Waals surface area (Å²) in [7, 11) is 0. The molecule has 0 radical (unpaired) electrons. The second-order valence-electron chi connectivity index (χ2n) is 13.4. The second kappa shape index (κ2) is 12.2. The predicted octanol–water partition coefficient (Wildman–Crippen LogP) is 4.93. The zero-order valence-corrected chi connectivity index (χ0v) is 26.8. The van der Waals surface area contributed by atoms with Gasteiger partial charge in [0.1, 0.15) is 41.5 Å². The van der Waals surface area contributed by atoms with E-state index in [1.165, 1.54) is 13.8 Å². The lowest BCUT2D eigenvalue weighted by molar-refractivity contribution is -0.270. The number of ether oxygens (including phenoxy) is 4. The van der Waals surface area contributed by atoms with Crippen molar-refractivity contribution in [1.29, 1.82) is 0 Å². The highest BCUT2D eigenvalue weighted by Crippen LogP contribution is 2.67.